The molecule has 0 radical (unpaired) electrons. The molecule has 0 amide bonds. The van der Waals surface area contributed by atoms with Gasteiger partial charge in [-0.15, -0.1) is 0 Å². The van der Waals surface area contributed by atoms with Crippen molar-refractivity contribution < 1.29 is 14.5 Å². The Bertz CT molecular complexity index is 632. The summed E-state index contributed by atoms with van der Waals surface area (Å²) in [5, 5.41) is 24.3. The summed E-state index contributed by atoms with van der Waals surface area (Å²) in [6.45, 7) is 0. The fourth-order valence-electron chi connectivity index (χ4n) is 1.49. The van der Waals surface area contributed by atoms with E-state index in [1.807, 2.05) is 30.3 Å². The van der Waals surface area contributed by atoms with Gasteiger partial charge in [-0.1, -0.05) is 42.5 Å². The van der Waals surface area contributed by atoms with E-state index < -0.39 is 0 Å². The van der Waals surface area contributed by atoms with Gasteiger partial charge >= 0.3 is 0 Å². The first-order chi connectivity index (χ1) is 10.1. The van der Waals surface area contributed by atoms with E-state index in [1.165, 1.54) is 6.07 Å². The van der Waals surface area contributed by atoms with Gasteiger partial charge in [0.15, 0.2) is 0 Å². The highest BCUT2D eigenvalue weighted by molar-refractivity contribution is 5.73. The Morgan fingerprint density at radius 1 is 0.857 bits per heavy atom. The van der Waals surface area contributed by atoms with Gasteiger partial charge in [0.1, 0.15) is 0 Å². The number of para-hydroxylation sites is 1. The third kappa shape index (κ3) is 6.35. The molecule has 2 aromatic rings. The molecule has 2 rings (SSSR count). The third-order valence-corrected chi connectivity index (χ3v) is 2.19. The van der Waals surface area contributed by atoms with Crippen LogP contribution in [-0.2, 0) is 9.59 Å². The zero-order valence-corrected chi connectivity index (χ0v) is 10.7. The van der Waals surface area contributed by atoms with Crippen molar-refractivity contribution in [2.75, 3.05) is 0 Å². The molecule has 0 spiro atoms. The van der Waals surface area contributed by atoms with Crippen molar-refractivity contribution in [3.05, 3.63) is 75.5 Å². The summed E-state index contributed by atoms with van der Waals surface area (Å²) >= 11 is 0. The first-order valence-electron chi connectivity index (χ1n) is 5.43. The summed E-state index contributed by atoms with van der Waals surface area (Å²) in [4.78, 5) is 26.9. The summed E-state index contributed by atoms with van der Waals surface area (Å²) in [5.41, 5.74) is 1.66. The lowest BCUT2D eigenvalue weighted by Gasteiger charge is -2.01. The fraction of sp³-hybridized carbons (Fsp3) is 0. The molecule has 0 N–H and O–H groups in total. The summed E-state index contributed by atoms with van der Waals surface area (Å²) in [7, 11) is 0. The molecule has 0 aromatic heterocycles. The van der Waals surface area contributed by atoms with Crippen molar-refractivity contribution in [3.63, 3.8) is 0 Å². The van der Waals surface area contributed by atoms with Crippen LogP contribution in [0.3, 0.4) is 0 Å². The molecule has 0 bridgehead atoms. The Hall–Kier alpha value is -3.40. The smallest absolute Gasteiger partial charge is 0.277 e. The summed E-state index contributed by atoms with van der Waals surface area (Å²) in [5.74, 6) is 0. The number of hydrogen-bond donors (Lipinski definition) is 0. The van der Waals surface area contributed by atoms with Crippen LogP contribution < -0.4 is 0 Å². The average molecular weight is 283 g/mol. The predicted octanol–water partition coefficient (Wildman–Crippen LogP) is 3.05. The molecule has 0 saturated heterocycles. The van der Waals surface area contributed by atoms with Crippen molar-refractivity contribution in [2.24, 2.45) is 0 Å². The van der Waals surface area contributed by atoms with Crippen LogP contribution in [0.2, 0.25) is 0 Å². The van der Waals surface area contributed by atoms with E-state index in [-0.39, 0.29) is 10.6 Å². The lowest BCUT2D eigenvalue weighted by molar-refractivity contribution is -0.384. The maximum atomic E-state index is 10.8. The molecule has 0 aliphatic rings. The molecule has 0 aliphatic carbocycles. The Morgan fingerprint density at radius 3 is 1.76 bits per heavy atom. The Kier molecular flexibility index (Phi) is 8.81. The number of nitro benzene ring substituents is 1. The number of benzene rings is 2. The summed E-state index contributed by atoms with van der Waals surface area (Å²) in [6, 6.07) is 16.1. The van der Waals surface area contributed by atoms with E-state index in [1.54, 1.807) is 18.2 Å². The first kappa shape index (κ1) is 17.6. The minimum absolute atomic E-state index is 0.142. The van der Waals surface area contributed by atoms with Gasteiger partial charge < -0.3 is 10.8 Å². The molecule has 0 unspecified atom stereocenters. The Labute approximate surface area is 120 Å². The number of nitro groups is 1. The SMILES string of the molecule is O=[N+]([O-])c1ccccc1-c1ccccc1.[N-]=C=O.[N-]=C=O. The zero-order chi connectivity index (χ0) is 16.1. The molecule has 0 heterocycles. The lowest BCUT2D eigenvalue weighted by atomic mass is 10.0. The average Bonchev–Trinajstić information content (AvgIpc) is 2.50. The van der Waals surface area contributed by atoms with Gasteiger partial charge in [-0.2, -0.15) is 0 Å². The van der Waals surface area contributed by atoms with Crippen LogP contribution in [-0.4, -0.2) is 17.1 Å². The molecule has 0 fully saturated rings. The van der Waals surface area contributed by atoms with Gasteiger partial charge in [0.2, 0.25) is 0 Å². The van der Waals surface area contributed by atoms with Gasteiger partial charge in [0.05, 0.1) is 10.5 Å². The van der Waals surface area contributed by atoms with Crippen LogP contribution in [0.5, 0.6) is 0 Å². The number of carbonyl (C=O) groups excluding carboxylic acids is 2. The topological polar surface area (TPSA) is 122 Å². The van der Waals surface area contributed by atoms with Gasteiger partial charge in [-0.3, -0.25) is 19.7 Å². The maximum absolute atomic E-state index is 10.8. The van der Waals surface area contributed by atoms with Crippen molar-refractivity contribution in [1.29, 1.82) is 0 Å². The van der Waals surface area contributed by atoms with Crippen LogP contribution in [0.15, 0.2) is 54.6 Å². The fourth-order valence-corrected chi connectivity index (χ4v) is 1.49. The molecular weight excluding hydrogens is 274 g/mol. The second-order valence-corrected chi connectivity index (χ2v) is 3.32. The van der Waals surface area contributed by atoms with Crippen molar-refractivity contribution in [1.82, 2.24) is 0 Å². The van der Waals surface area contributed by atoms with Gasteiger partial charge in [-0.25, -0.2) is 0 Å². The maximum Gasteiger partial charge on any atom is 0.277 e. The van der Waals surface area contributed by atoms with Crippen LogP contribution in [0.1, 0.15) is 0 Å². The van der Waals surface area contributed by atoms with E-state index in [4.69, 9.17) is 20.4 Å². The summed E-state index contributed by atoms with van der Waals surface area (Å²) < 4.78 is 0. The Morgan fingerprint density at radius 2 is 1.29 bits per heavy atom. The van der Waals surface area contributed by atoms with Crippen LogP contribution in [0, 0.1) is 10.1 Å². The minimum atomic E-state index is -0.359. The Balaban J connectivity index is 0.000000578. The normalized spacial score (nSPS) is 7.81. The highest BCUT2D eigenvalue weighted by atomic mass is 16.6. The first-order valence-corrected chi connectivity index (χ1v) is 5.43. The second kappa shape index (κ2) is 10.5. The monoisotopic (exact) mass is 283 g/mol. The van der Waals surface area contributed by atoms with Gasteiger partial charge in [0, 0.05) is 6.07 Å². The van der Waals surface area contributed by atoms with Crippen molar-refractivity contribution in [3.8, 4) is 11.1 Å². The molecular formula is C14H9N3O4-2. The predicted molar refractivity (Wildman–Crippen MR) is 76.6 cm³/mol. The van der Waals surface area contributed by atoms with Gasteiger partial charge in [0.25, 0.3) is 5.69 Å². The molecule has 0 saturated carbocycles. The minimum Gasteiger partial charge on any atom is -0.724 e. The van der Waals surface area contributed by atoms with Crippen molar-refractivity contribution >= 4 is 17.8 Å². The number of nitrogens with zero attached hydrogens (tertiary/aromatic N) is 3. The second-order valence-electron chi connectivity index (χ2n) is 3.32. The number of isocyanates is 2. The van der Waals surface area contributed by atoms with Gasteiger partial charge in [-0.05, 0) is 23.8 Å². The number of hydrogen-bond acceptors (Lipinski definition) is 4. The molecule has 106 valence electrons. The largest absolute Gasteiger partial charge is 0.724 e. The third-order valence-electron chi connectivity index (χ3n) is 2.19. The molecule has 2 aromatic carbocycles. The molecule has 0 aliphatic heterocycles. The van der Waals surface area contributed by atoms with E-state index >= 15 is 0 Å². The van der Waals surface area contributed by atoms with Crippen LogP contribution >= 0.6 is 0 Å². The van der Waals surface area contributed by atoms with E-state index in [0.29, 0.717) is 17.7 Å². The molecule has 7 nitrogen and oxygen atoms in total. The zero-order valence-electron chi connectivity index (χ0n) is 10.7. The van der Waals surface area contributed by atoms with Crippen LogP contribution in [0.25, 0.3) is 21.9 Å². The highest BCUT2D eigenvalue weighted by Crippen LogP contribution is 2.28. The van der Waals surface area contributed by atoms with E-state index in [9.17, 15) is 10.1 Å². The quantitative estimate of drug-likeness (QED) is 0.363. The molecule has 7 heteroatoms. The standard InChI is InChI=1S/C12H9NO2.2CNO/c14-13(15)12-9-5-4-8-11(12)10-6-2-1-3-7-10;2*2-1-3/h1-9H;;/q;2*-1. The summed E-state index contributed by atoms with van der Waals surface area (Å²) in [6.07, 6.45) is 1.00. The molecule has 0 atom stereocenters. The lowest BCUT2D eigenvalue weighted by Crippen LogP contribution is -1.90. The van der Waals surface area contributed by atoms with E-state index in [2.05, 4.69) is 0 Å². The van der Waals surface area contributed by atoms with Crippen LogP contribution in [0.4, 0.5) is 5.69 Å². The number of rotatable bonds is 2. The highest BCUT2D eigenvalue weighted by Gasteiger charge is 2.12. The van der Waals surface area contributed by atoms with Crippen molar-refractivity contribution in [2.45, 2.75) is 0 Å². The molecule has 21 heavy (non-hydrogen) atoms. The van der Waals surface area contributed by atoms with E-state index in [0.717, 1.165) is 5.56 Å².